The minimum atomic E-state index is -0.781. The van der Waals surface area contributed by atoms with E-state index in [1.54, 1.807) is 0 Å². The summed E-state index contributed by atoms with van der Waals surface area (Å²) in [6.45, 7) is 6.66. The van der Waals surface area contributed by atoms with Crippen molar-refractivity contribution in [3.8, 4) is 0 Å². The van der Waals surface area contributed by atoms with Crippen molar-refractivity contribution < 1.29 is 28.6 Å². The average molecular weight is 1130 g/mol. The van der Waals surface area contributed by atoms with Gasteiger partial charge in [0, 0.05) is 19.3 Å². The zero-order valence-corrected chi connectivity index (χ0v) is 54.3. The molecule has 0 aromatic heterocycles. The van der Waals surface area contributed by atoms with Crippen LogP contribution in [0.1, 0.15) is 380 Å². The van der Waals surface area contributed by atoms with Gasteiger partial charge in [0.25, 0.3) is 0 Å². The molecule has 0 bridgehead atoms. The number of carbonyl (C=O) groups excluding carboxylic acids is 3. The number of hydrogen-bond acceptors (Lipinski definition) is 6. The molecule has 6 nitrogen and oxygen atoms in total. The summed E-state index contributed by atoms with van der Waals surface area (Å²) in [5.74, 6) is -0.866. The van der Waals surface area contributed by atoms with E-state index in [-0.39, 0.29) is 31.1 Å². The maximum atomic E-state index is 13.0. The SMILES string of the molecule is CCCCCC/C=C\C/C=C\CCCCCCCC(=O)OCC(COC(=O)CCCCCCCCCCCCCC/C=C\C/C=C\C/C=C\CCCCCCC)OC(=O)CCCCCCCCCCCCCCCCCCCCCC. The minimum Gasteiger partial charge on any atom is -0.462 e. The van der Waals surface area contributed by atoms with Gasteiger partial charge in [-0.05, 0) is 89.9 Å². The second kappa shape index (κ2) is 69.6. The van der Waals surface area contributed by atoms with Gasteiger partial charge in [0.2, 0.25) is 0 Å². The fourth-order valence-electron chi connectivity index (χ4n) is 10.6. The molecule has 472 valence electrons. The summed E-state index contributed by atoms with van der Waals surface area (Å²) >= 11 is 0. The molecule has 81 heavy (non-hydrogen) atoms. The summed E-state index contributed by atoms with van der Waals surface area (Å²) in [6, 6.07) is 0. The summed E-state index contributed by atoms with van der Waals surface area (Å²) in [5.41, 5.74) is 0. The fourth-order valence-corrected chi connectivity index (χ4v) is 10.6. The Bertz CT molecular complexity index is 1440. The monoisotopic (exact) mass is 1130 g/mol. The first kappa shape index (κ1) is 78.1. The Kier molecular flexibility index (Phi) is 67.1. The van der Waals surface area contributed by atoms with Gasteiger partial charge in [0.05, 0.1) is 0 Å². The second-order valence-corrected chi connectivity index (χ2v) is 24.1. The summed E-state index contributed by atoms with van der Waals surface area (Å²) in [7, 11) is 0. The van der Waals surface area contributed by atoms with Crippen molar-refractivity contribution in [3.63, 3.8) is 0 Å². The number of carbonyl (C=O) groups is 3. The van der Waals surface area contributed by atoms with Crippen LogP contribution in [-0.2, 0) is 28.6 Å². The first-order valence-corrected chi connectivity index (χ1v) is 35.8. The minimum absolute atomic E-state index is 0.0758. The highest BCUT2D eigenvalue weighted by atomic mass is 16.6. The van der Waals surface area contributed by atoms with Crippen molar-refractivity contribution in [2.24, 2.45) is 0 Å². The molecule has 0 aromatic carbocycles. The molecular weight excluding hydrogens is 997 g/mol. The number of hydrogen-bond donors (Lipinski definition) is 0. The lowest BCUT2D eigenvalue weighted by molar-refractivity contribution is -0.167. The largest absolute Gasteiger partial charge is 0.462 e. The Morgan fingerprint density at radius 3 is 0.704 bits per heavy atom. The van der Waals surface area contributed by atoms with Crippen LogP contribution in [0.5, 0.6) is 0 Å². The van der Waals surface area contributed by atoms with Crippen LogP contribution in [0.3, 0.4) is 0 Å². The highest BCUT2D eigenvalue weighted by Gasteiger charge is 2.19. The van der Waals surface area contributed by atoms with Gasteiger partial charge in [0.1, 0.15) is 13.2 Å². The Morgan fingerprint density at radius 1 is 0.247 bits per heavy atom. The first-order chi connectivity index (χ1) is 40.0. The Balaban J connectivity index is 4.30. The zero-order valence-electron chi connectivity index (χ0n) is 54.3. The zero-order chi connectivity index (χ0) is 58.5. The topological polar surface area (TPSA) is 78.9 Å². The molecule has 6 heteroatoms. The lowest BCUT2D eigenvalue weighted by atomic mass is 10.0. The normalized spacial score (nSPS) is 12.4. The molecule has 0 aliphatic heterocycles. The summed E-state index contributed by atoms with van der Waals surface area (Å²) < 4.78 is 17.0. The molecule has 0 heterocycles. The van der Waals surface area contributed by atoms with Gasteiger partial charge in [-0.25, -0.2) is 0 Å². The molecule has 0 aliphatic rings. The van der Waals surface area contributed by atoms with Crippen LogP contribution in [0.15, 0.2) is 60.8 Å². The lowest BCUT2D eigenvalue weighted by Gasteiger charge is -2.18. The van der Waals surface area contributed by atoms with Crippen LogP contribution in [0.2, 0.25) is 0 Å². The molecule has 0 saturated heterocycles. The van der Waals surface area contributed by atoms with Gasteiger partial charge in [0.15, 0.2) is 6.10 Å². The van der Waals surface area contributed by atoms with E-state index in [0.29, 0.717) is 19.3 Å². The van der Waals surface area contributed by atoms with E-state index < -0.39 is 6.10 Å². The van der Waals surface area contributed by atoms with E-state index in [0.717, 1.165) is 89.9 Å². The Labute approximate surface area is 504 Å². The molecule has 1 unspecified atom stereocenters. The van der Waals surface area contributed by atoms with E-state index >= 15 is 0 Å². The van der Waals surface area contributed by atoms with Gasteiger partial charge in [-0.1, -0.05) is 332 Å². The number of unbranched alkanes of at least 4 members (excludes halogenated alkanes) is 45. The van der Waals surface area contributed by atoms with Gasteiger partial charge < -0.3 is 14.2 Å². The van der Waals surface area contributed by atoms with Crippen LogP contribution in [0.25, 0.3) is 0 Å². The molecule has 0 amide bonds. The van der Waals surface area contributed by atoms with E-state index in [1.165, 1.54) is 250 Å². The number of esters is 3. The van der Waals surface area contributed by atoms with Gasteiger partial charge in [-0.15, -0.1) is 0 Å². The molecule has 0 fully saturated rings. The third-order valence-corrected chi connectivity index (χ3v) is 16.0. The summed E-state index contributed by atoms with van der Waals surface area (Å²) in [4.78, 5) is 38.5. The summed E-state index contributed by atoms with van der Waals surface area (Å²) in [5, 5.41) is 0. The van der Waals surface area contributed by atoms with Crippen molar-refractivity contribution in [1.82, 2.24) is 0 Å². The molecule has 0 N–H and O–H groups in total. The van der Waals surface area contributed by atoms with Crippen molar-refractivity contribution >= 4 is 17.9 Å². The molecule has 0 aliphatic carbocycles. The molecule has 0 spiro atoms. The molecule has 1 atom stereocenters. The van der Waals surface area contributed by atoms with Gasteiger partial charge in [-0.3, -0.25) is 14.4 Å². The molecule has 0 radical (unpaired) electrons. The van der Waals surface area contributed by atoms with E-state index in [4.69, 9.17) is 14.2 Å². The quantitative estimate of drug-likeness (QED) is 0.0261. The van der Waals surface area contributed by atoms with E-state index in [9.17, 15) is 14.4 Å². The van der Waals surface area contributed by atoms with Crippen LogP contribution < -0.4 is 0 Å². The highest BCUT2D eigenvalue weighted by Crippen LogP contribution is 2.18. The molecule has 0 aromatic rings. The van der Waals surface area contributed by atoms with Crippen LogP contribution >= 0.6 is 0 Å². The van der Waals surface area contributed by atoms with Crippen molar-refractivity contribution in [2.75, 3.05) is 13.2 Å². The molecular formula is C75H136O6. The second-order valence-electron chi connectivity index (χ2n) is 24.1. The predicted octanol–water partition coefficient (Wildman–Crippen LogP) is 24.7. The Morgan fingerprint density at radius 2 is 0.444 bits per heavy atom. The van der Waals surface area contributed by atoms with Gasteiger partial charge >= 0.3 is 17.9 Å². The first-order valence-electron chi connectivity index (χ1n) is 35.8. The van der Waals surface area contributed by atoms with Crippen LogP contribution in [0, 0.1) is 0 Å². The Hall–Kier alpha value is -2.89. The third-order valence-electron chi connectivity index (χ3n) is 16.0. The van der Waals surface area contributed by atoms with E-state index in [1.807, 2.05) is 0 Å². The maximum absolute atomic E-state index is 13.0. The summed E-state index contributed by atoms with van der Waals surface area (Å²) in [6.07, 6.45) is 89.6. The van der Waals surface area contributed by atoms with Crippen LogP contribution in [0.4, 0.5) is 0 Å². The number of ether oxygens (including phenoxy) is 3. The highest BCUT2D eigenvalue weighted by molar-refractivity contribution is 5.71. The maximum Gasteiger partial charge on any atom is 0.306 e. The van der Waals surface area contributed by atoms with E-state index in [2.05, 4.69) is 81.5 Å². The van der Waals surface area contributed by atoms with Crippen molar-refractivity contribution in [2.45, 2.75) is 386 Å². The smallest absolute Gasteiger partial charge is 0.306 e. The van der Waals surface area contributed by atoms with Crippen molar-refractivity contribution in [1.29, 1.82) is 0 Å². The number of allylic oxidation sites excluding steroid dienone is 10. The fraction of sp³-hybridized carbons (Fsp3) is 0.827. The van der Waals surface area contributed by atoms with Crippen LogP contribution in [-0.4, -0.2) is 37.2 Å². The number of rotatable bonds is 66. The standard InChI is InChI=1S/C75H136O6/c1-4-7-10-13-16-19-22-25-28-31-33-35-36-37-38-39-40-41-43-44-47-50-53-56-59-62-65-68-74(77)80-71-72(70-79-73(76)67-64-61-58-55-52-49-46-30-27-24-21-18-15-12-9-6-3)81-75(78)69-66-63-60-57-54-51-48-45-42-34-32-29-26-23-20-17-14-11-8-5-2/h21-22,24-25,30-31,33,36-37,46,72H,4-20,23,26-29,32,34-35,38-45,47-71H2,1-3H3/b24-21-,25-22-,33-31-,37-36-,46-30-. The lowest BCUT2D eigenvalue weighted by Crippen LogP contribution is -2.30. The van der Waals surface area contributed by atoms with Crippen molar-refractivity contribution in [3.05, 3.63) is 60.8 Å². The predicted molar refractivity (Wildman–Crippen MR) is 353 cm³/mol. The third kappa shape index (κ3) is 67.8. The molecule has 0 rings (SSSR count). The average Bonchev–Trinajstić information content (AvgIpc) is 3.47. The molecule has 0 saturated carbocycles. The van der Waals surface area contributed by atoms with Gasteiger partial charge in [-0.2, -0.15) is 0 Å².